The van der Waals surface area contributed by atoms with Crippen molar-refractivity contribution in [3.8, 4) is 11.8 Å². The molecular weight excluding hydrogens is 222 g/mol. The predicted molar refractivity (Wildman–Crippen MR) is 60.9 cm³/mol. The van der Waals surface area contributed by atoms with Gasteiger partial charge in [-0.15, -0.1) is 0 Å². The molecule has 88 valence electrons. The maximum Gasteiger partial charge on any atom is 0.309 e. The largest absolute Gasteiger partial charge is 0.409 e. The first-order valence-corrected chi connectivity index (χ1v) is 5.05. The molecule has 0 aliphatic heterocycles. The Balaban J connectivity index is 2.53. The van der Waals surface area contributed by atoms with Crippen LogP contribution in [-0.2, 0) is 9.59 Å². The van der Waals surface area contributed by atoms with E-state index < -0.39 is 11.9 Å². The Morgan fingerprint density at radius 2 is 1.35 bits per heavy atom. The molecule has 1 N–H and O–H groups in total. The van der Waals surface area contributed by atoms with Crippen LogP contribution in [0.2, 0.25) is 0 Å². The van der Waals surface area contributed by atoms with E-state index in [0.29, 0.717) is 10.8 Å². The van der Waals surface area contributed by atoms with Crippen molar-refractivity contribution in [2.75, 3.05) is 0 Å². The molecule has 5 heteroatoms. The molecule has 2 aromatic rings. The molecule has 0 aliphatic carbocycles. The van der Waals surface area contributed by atoms with Crippen LogP contribution in [0.15, 0.2) is 24.3 Å². The summed E-state index contributed by atoms with van der Waals surface area (Å²) >= 11 is 0. The van der Waals surface area contributed by atoms with Gasteiger partial charge in [0, 0.05) is 24.6 Å². The van der Waals surface area contributed by atoms with Crippen LogP contribution in [0.5, 0.6) is 11.8 Å². The van der Waals surface area contributed by atoms with Gasteiger partial charge in [-0.2, -0.15) is 0 Å². The summed E-state index contributed by atoms with van der Waals surface area (Å²) in [4.78, 5) is 24.6. The summed E-state index contributed by atoms with van der Waals surface area (Å²) in [5, 5.41) is 1.39. The lowest BCUT2D eigenvalue weighted by molar-refractivity contribution is -0.132. The Morgan fingerprint density at radius 3 is 1.71 bits per heavy atom. The lowest BCUT2D eigenvalue weighted by Gasteiger charge is -1.97. The van der Waals surface area contributed by atoms with Crippen molar-refractivity contribution in [2.24, 2.45) is 0 Å². The number of benzene rings is 1. The third kappa shape index (κ3) is 2.28. The summed E-state index contributed by atoms with van der Waals surface area (Å²) in [6.45, 7) is 2.61. The standard InChI is InChI=1S/C12H11NO4/c1-7(14)16-11-9-5-3-4-6-10(9)12(13-11)17-8(2)15/h3-6,13H,1-2H3. The van der Waals surface area contributed by atoms with Crippen LogP contribution >= 0.6 is 0 Å². The molecule has 17 heavy (non-hydrogen) atoms. The average molecular weight is 233 g/mol. The topological polar surface area (TPSA) is 68.4 Å². The van der Waals surface area contributed by atoms with Gasteiger partial charge in [0.25, 0.3) is 0 Å². The second kappa shape index (κ2) is 4.29. The van der Waals surface area contributed by atoms with Gasteiger partial charge in [-0.25, -0.2) is 0 Å². The van der Waals surface area contributed by atoms with Crippen LogP contribution in [0.4, 0.5) is 0 Å². The summed E-state index contributed by atoms with van der Waals surface area (Å²) in [6, 6.07) is 7.16. The second-order valence-electron chi connectivity index (χ2n) is 3.52. The molecule has 1 aromatic carbocycles. The van der Waals surface area contributed by atoms with Crippen LogP contribution in [0.1, 0.15) is 13.8 Å². The predicted octanol–water partition coefficient (Wildman–Crippen LogP) is 2.02. The molecule has 1 heterocycles. The highest BCUT2D eigenvalue weighted by atomic mass is 16.6. The van der Waals surface area contributed by atoms with E-state index in [1.165, 1.54) is 13.8 Å². The lowest BCUT2D eigenvalue weighted by atomic mass is 10.2. The second-order valence-corrected chi connectivity index (χ2v) is 3.52. The van der Waals surface area contributed by atoms with E-state index in [1.807, 2.05) is 0 Å². The first-order chi connectivity index (χ1) is 8.08. The van der Waals surface area contributed by atoms with Crippen LogP contribution in [-0.4, -0.2) is 16.9 Å². The molecule has 2 rings (SSSR count). The summed E-state index contributed by atoms with van der Waals surface area (Å²) in [7, 11) is 0. The van der Waals surface area contributed by atoms with Crippen molar-refractivity contribution in [3.05, 3.63) is 24.3 Å². The SMILES string of the molecule is CC(=O)Oc1[nH]c(OC(C)=O)c2ccccc12. The fraction of sp³-hybridized carbons (Fsp3) is 0.167. The highest BCUT2D eigenvalue weighted by Gasteiger charge is 2.14. The zero-order valence-corrected chi connectivity index (χ0v) is 9.44. The van der Waals surface area contributed by atoms with E-state index in [0.717, 1.165) is 0 Å². The van der Waals surface area contributed by atoms with Crippen molar-refractivity contribution in [2.45, 2.75) is 13.8 Å². The smallest absolute Gasteiger partial charge is 0.309 e. The fourth-order valence-corrected chi connectivity index (χ4v) is 1.57. The van der Waals surface area contributed by atoms with Crippen LogP contribution in [0.25, 0.3) is 10.8 Å². The van der Waals surface area contributed by atoms with E-state index in [2.05, 4.69) is 4.98 Å². The number of aromatic nitrogens is 1. The highest BCUT2D eigenvalue weighted by molar-refractivity contribution is 5.95. The number of H-pyrrole nitrogens is 1. The van der Waals surface area contributed by atoms with Gasteiger partial charge in [0.05, 0.1) is 0 Å². The van der Waals surface area contributed by atoms with Gasteiger partial charge in [0.1, 0.15) is 0 Å². The Morgan fingerprint density at radius 1 is 0.941 bits per heavy atom. The van der Waals surface area contributed by atoms with E-state index in [4.69, 9.17) is 9.47 Å². The normalized spacial score (nSPS) is 10.2. The van der Waals surface area contributed by atoms with E-state index >= 15 is 0 Å². The Bertz CT molecular complexity index is 535. The molecule has 1 aromatic heterocycles. The molecule has 0 radical (unpaired) electrons. The molecule has 0 amide bonds. The van der Waals surface area contributed by atoms with Gasteiger partial charge in [-0.05, 0) is 12.1 Å². The van der Waals surface area contributed by atoms with E-state index in [1.54, 1.807) is 24.3 Å². The quantitative estimate of drug-likeness (QED) is 0.805. The number of ether oxygens (including phenoxy) is 2. The molecule has 0 aliphatic rings. The Labute approximate surface area is 97.3 Å². The van der Waals surface area contributed by atoms with Gasteiger partial charge in [0.2, 0.25) is 11.8 Å². The summed E-state index contributed by atoms with van der Waals surface area (Å²) in [5.41, 5.74) is 0. The van der Waals surface area contributed by atoms with Crippen LogP contribution in [0, 0.1) is 0 Å². The lowest BCUT2D eigenvalue weighted by Crippen LogP contribution is -2.03. The molecule has 0 atom stereocenters. The summed E-state index contributed by atoms with van der Waals surface area (Å²) in [6.07, 6.45) is 0. The average Bonchev–Trinajstić information content (AvgIpc) is 2.56. The van der Waals surface area contributed by atoms with Crippen LogP contribution < -0.4 is 9.47 Å². The molecule has 0 bridgehead atoms. The van der Waals surface area contributed by atoms with E-state index in [-0.39, 0.29) is 11.8 Å². The highest BCUT2D eigenvalue weighted by Crippen LogP contribution is 2.33. The van der Waals surface area contributed by atoms with Gasteiger partial charge in [0.15, 0.2) is 0 Å². The maximum atomic E-state index is 10.9. The number of aromatic amines is 1. The molecular formula is C12H11NO4. The number of fused-ring (bicyclic) bond motifs is 1. The summed E-state index contributed by atoms with van der Waals surface area (Å²) < 4.78 is 10.0. The molecule has 5 nitrogen and oxygen atoms in total. The minimum absolute atomic E-state index is 0.282. The third-order valence-corrected chi connectivity index (χ3v) is 2.13. The molecule has 0 saturated carbocycles. The van der Waals surface area contributed by atoms with E-state index in [9.17, 15) is 9.59 Å². The van der Waals surface area contributed by atoms with Crippen molar-refractivity contribution in [1.82, 2.24) is 4.98 Å². The first-order valence-electron chi connectivity index (χ1n) is 5.05. The van der Waals surface area contributed by atoms with Gasteiger partial charge < -0.3 is 9.47 Å². The first kappa shape index (κ1) is 11.2. The number of hydrogen-bond acceptors (Lipinski definition) is 4. The minimum Gasteiger partial charge on any atom is -0.409 e. The van der Waals surface area contributed by atoms with Gasteiger partial charge in [-0.3, -0.25) is 14.6 Å². The zero-order chi connectivity index (χ0) is 12.4. The molecule has 0 fully saturated rings. The number of carbonyl (C=O) groups is 2. The van der Waals surface area contributed by atoms with Crippen molar-refractivity contribution < 1.29 is 19.1 Å². The Hall–Kier alpha value is -2.30. The molecule has 0 saturated heterocycles. The number of carbonyl (C=O) groups excluding carboxylic acids is 2. The van der Waals surface area contributed by atoms with Crippen molar-refractivity contribution in [1.29, 1.82) is 0 Å². The van der Waals surface area contributed by atoms with Crippen molar-refractivity contribution >= 4 is 22.7 Å². The number of esters is 2. The zero-order valence-electron chi connectivity index (χ0n) is 9.44. The number of nitrogens with one attached hydrogen (secondary N) is 1. The monoisotopic (exact) mass is 233 g/mol. The van der Waals surface area contributed by atoms with Crippen molar-refractivity contribution in [3.63, 3.8) is 0 Å². The maximum absolute atomic E-state index is 10.9. The number of rotatable bonds is 2. The van der Waals surface area contributed by atoms with Crippen LogP contribution in [0.3, 0.4) is 0 Å². The van der Waals surface area contributed by atoms with Gasteiger partial charge >= 0.3 is 11.9 Å². The number of hydrogen-bond donors (Lipinski definition) is 1. The minimum atomic E-state index is -0.439. The van der Waals surface area contributed by atoms with Gasteiger partial charge in [-0.1, -0.05) is 12.1 Å². The Kier molecular flexibility index (Phi) is 2.82. The fourth-order valence-electron chi connectivity index (χ4n) is 1.57. The third-order valence-electron chi connectivity index (χ3n) is 2.13. The molecule has 0 spiro atoms. The molecule has 0 unspecified atom stereocenters. The summed E-state index contributed by atoms with van der Waals surface area (Å²) in [5.74, 6) is -0.313.